The van der Waals surface area contributed by atoms with Gasteiger partial charge in [0, 0.05) is 9.37 Å². The Hall–Kier alpha value is -0.100. The first-order valence-electron chi connectivity index (χ1n) is 5.70. The molecule has 0 aliphatic carbocycles. The van der Waals surface area contributed by atoms with E-state index in [0.717, 1.165) is 26.9 Å². The molecule has 0 bridgehead atoms. The van der Waals surface area contributed by atoms with Crippen LogP contribution in [0.3, 0.4) is 0 Å². The Morgan fingerprint density at radius 2 is 1.95 bits per heavy atom. The second-order valence-corrected chi connectivity index (χ2v) is 6.79. The summed E-state index contributed by atoms with van der Waals surface area (Å²) in [6.07, 6.45) is 0.829. The maximum atomic E-state index is 6.09. The molecule has 0 saturated heterocycles. The van der Waals surface area contributed by atoms with E-state index in [1.54, 1.807) is 11.8 Å². The highest BCUT2D eigenvalue weighted by Gasteiger charge is 2.10. The molecule has 2 nitrogen and oxygen atoms in total. The minimum Gasteiger partial charge on any atom is -0.236 e. The molecule has 2 aromatic rings. The predicted octanol–water partition coefficient (Wildman–Crippen LogP) is 5.51. The zero-order chi connectivity index (χ0) is 13.8. The molecule has 0 aliphatic rings. The van der Waals surface area contributed by atoms with Crippen LogP contribution in [0.2, 0.25) is 5.15 Å². The highest BCUT2D eigenvalue weighted by Crippen LogP contribution is 2.30. The lowest BCUT2D eigenvalue weighted by molar-refractivity contribution is 0.928. The van der Waals surface area contributed by atoms with Gasteiger partial charge in [-0.1, -0.05) is 30.7 Å². The van der Waals surface area contributed by atoms with Gasteiger partial charge in [-0.3, -0.25) is 0 Å². The van der Waals surface area contributed by atoms with Gasteiger partial charge in [0.2, 0.25) is 0 Å². The molecule has 0 aliphatic heterocycles. The molecule has 1 heterocycles. The first kappa shape index (κ1) is 15.3. The smallest absolute Gasteiger partial charge is 0.147 e. The maximum absolute atomic E-state index is 6.09. The molecule has 0 saturated carbocycles. The predicted molar refractivity (Wildman–Crippen MR) is 87.8 cm³/mol. The fraction of sp³-hybridized carbons (Fsp3) is 0.231. The van der Waals surface area contributed by atoms with Crippen LogP contribution < -0.4 is 0 Å². The SMILES string of the molecule is CCc1nc(CSc2ccccc2Br)nc(Cl)c1Br. The zero-order valence-corrected chi connectivity index (χ0v) is 14.9. The van der Waals surface area contributed by atoms with Crippen molar-refractivity contribution < 1.29 is 0 Å². The molecule has 0 atom stereocenters. The Morgan fingerprint density at radius 1 is 1.21 bits per heavy atom. The average molecular weight is 423 g/mol. The topological polar surface area (TPSA) is 25.8 Å². The number of halogens is 3. The third-order valence-corrected chi connectivity index (χ3v) is 5.81. The van der Waals surface area contributed by atoms with Crippen molar-refractivity contribution in [1.82, 2.24) is 9.97 Å². The fourth-order valence-corrected chi connectivity index (χ4v) is 3.60. The van der Waals surface area contributed by atoms with Crippen LogP contribution in [0.15, 0.2) is 38.1 Å². The van der Waals surface area contributed by atoms with Crippen LogP contribution in [0.5, 0.6) is 0 Å². The second kappa shape index (κ2) is 7.07. The molecule has 6 heteroatoms. The number of thioether (sulfide) groups is 1. The van der Waals surface area contributed by atoms with Crippen molar-refractivity contribution >= 4 is 55.2 Å². The number of rotatable bonds is 4. The van der Waals surface area contributed by atoms with Crippen molar-refractivity contribution in [2.24, 2.45) is 0 Å². The standard InChI is InChI=1S/C13H11Br2ClN2S/c1-2-9-12(15)13(16)18-11(17-9)7-19-10-6-4-3-5-8(10)14/h3-6H,2,7H2,1H3. The highest BCUT2D eigenvalue weighted by atomic mass is 79.9. The molecule has 0 radical (unpaired) electrons. The van der Waals surface area contributed by atoms with Crippen LogP contribution in [-0.4, -0.2) is 9.97 Å². The van der Waals surface area contributed by atoms with Crippen LogP contribution in [-0.2, 0) is 12.2 Å². The van der Waals surface area contributed by atoms with Crippen molar-refractivity contribution in [3.63, 3.8) is 0 Å². The third kappa shape index (κ3) is 3.94. The van der Waals surface area contributed by atoms with Gasteiger partial charge in [-0.25, -0.2) is 9.97 Å². The summed E-state index contributed by atoms with van der Waals surface area (Å²) in [4.78, 5) is 9.98. The summed E-state index contributed by atoms with van der Waals surface area (Å²) in [5.41, 5.74) is 0.947. The minimum absolute atomic E-state index is 0.481. The van der Waals surface area contributed by atoms with Crippen molar-refractivity contribution in [2.45, 2.75) is 24.0 Å². The Labute approximate surface area is 138 Å². The van der Waals surface area contributed by atoms with E-state index in [-0.39, 0.29) is 0 Å². The van der Waals surface area contributed by atoms with E-state index in [9.17, 15) is 0 Å². The van der Waals surface area contributed by atoms with Crippen molar-refractivity contribution in [3.05, 3.63) is 49.9 Å². The molecular weight excluding hydrogens is 411 g/mol. The Morgan fingerprint density at radius 3 is 2.63 bits per heavy atom. The van der Waals surface area contributed by atoms with E-state index in [1.807, 2.05) is 25.1 Å². The van der Waals surface area contributed by atoms with Gasteiger partial charge in [0.15, 0.2) is 0 Å². The average Bonchev–Trinajstić information content (AvgIpc) is 2.41. The van der Waals surface area contributed by atoms with Crippen LogP contribution >= 0.6 is 55.2 Å². The quantitative estimate of drug-likeness (QED) is 0.480. The summed E-state index contributed by atoms with van der Waals surface area (Å²) >= 11 is 14.7. The van der Waals surface area contributed by atoms with Crippen molar-refractivity contribution in [2.75, 3.05) is 0 Å². The molecule has 0 fully saturated rings. The Kier molecular flexibility index (Phi) is 5.69. The first-order valence-corrected chi connectivity index (χ1v) is 8.65. The van der Waals surface area contributed by atoms with E-state index in [2.05, 4.69) is 47.9 Å². The number of hydrogen-bond acceptors (Lipinski definition) is 3. The minimum atomic E-state index is 0.481. The van der Waals surface area contributed by atoms with E-state index in [0.29, 0.717) is 10.9 Å². The van der Waals surface area contributed by atoms with E-state index in [4.69, 9.17) is 11.6 Å². The molecule has 1 aromatic heterocycles. The highest BCUT2D eigenvalue weighted by molar-refractivity contribution is 9.10. The largest absolute Gasteiger partial charge is 0.236 e. The first-order chi connectivity index (χ1) is 9.11. The lowest BCUT2D eigenvalue weighted by atomic mass is 10.3. The molecule has 0 N–H and O–H groups in total. The van der Waals surface area contributed by atoms with Gasteiger partial charge in [0.1, 0.15) is 11.0 Å². The van der Waals surface area contributed by atoms with E-state index >= 15 is 0 Å². The second-order valence-electron chi connectivity index (χ2n) is 3.76. The van der Waals surface area contributed by atoms with Gasteiger partial charge in [0.05, 0.1) is 15.9 Å². The summed E-state index contributed by atoms with van der Waals surface area (Å²) in [5.74, 6) is 1.45. The lowest BCUT2D eigenvalue weighted by Crippen LogP contribution is -1.99. The van der Waals surface area contributed by atoms with Gasteiger partial charge in [-0.15, -0.1) is 11.8 Å². The fourth-order valence-electron chi connectivity index (χ4n) is 1.51. The molecule has 2 rings (SSSR count). The summed E-state index contributed by atoms with van der Waals surface area (Å²) in [5, 5.41) is 0.481. The summed E-state index contributed by atoms with van der Waals surface area (Å²) in [6.45, 7) is 2.05. The van der Waals surface area contributed by atoms with Crippen molar-refractivity contribution in [3.8, 4) is 0 Å². The summed E-state index contributed by atoms with van der Waals surface area (Å²) < 4.78 is 1.88. The molecule has 0 amide bonds. The zero-order valence-electron chi connectivity index (χ0n) is 10.2. The number of aryl methyl sites for hydroxylation is 1. The Bertz CT molecular complexity index is 593. The monoisotopic (exact) mass is 420 g/mol. The molecule has 19 heavy (non-hydrogen) atoms. The molecular formula is C13H11Br2ClN2S. The molecule has 100 valence electrons. The van der Waals surface area contributed by atoms with Crippen molar-refractivity contribution in [1.29, 1.82) is 0 Å². The van der Waals surface area contributed by atoms with Gasteiger partial charge in [-0.2, -0.15) is 0 Å². The number of nitrogens with zero attached hydrogens (tertiary/aromatic N) is 2. The maximum Gasteiger partial charge on any atom is 0.147 e. The van der Waals surface area contributed by atoms with Crippen LogP contribution in [0.1, 0.15) is 18.4 Å². The number of hydrogen-bond donors (Lipinski definition) is 0. The molecule has 1 aromatic carbocycles. The number of benzene rings is 1. The van der Waals surface area contributed by atoms with Gasteiger partial charge in [-0.05, 0) is 50.4 Å². The molecule has 0 unspecified atom stereocenters. The van der Waals surface area contributed by atoms with Crippen LogP contribution in [0, 0.1) is 0 Å². The Balaban J connectivity index is 2.16. The number of aromatic nitrogens is 2. The van der Waals surface area contributed by atoms with Gasteiger partial charge in [0.25, 0.3) is 0 Å². The summed E-state index contributed by atoms with van der Waals surface area (Å²) in [6, 6.07) is 8.10. The van der Waals surface area contributed by atoms with E-state index in [1.165, 1.54) is 4.90 Å². The normalized spacial score (nSPS) is 10.7. The lowest BCUT2D eigenvalue weighted by Gasteiger charge is -2.07. The van der Waals surface area contributed by atoms with Crippen LogP contribution in [0.25, 0.3) is 0 Å². The van der Waals surface area contributed by atoms with Gasteiger partial charge >= 0.3 is 0 Å². The van der Waals surface area contributed by atoms with Gasteiger partial charge < -0.3 is 0 Å². The van der Waals surface area contributed by atoms with E-state index < -0.39 is 0 Å². The molecule has 0 spiro atoms. The summed E-state index contributed by atoms with van der Waals surface area (Å²) in [7, 11) is 0. The van der Waals surface area contributed by atoms with Crippen LogP contribution in [0.4, 0.5) is 0 Å². The third-order valence-electron chi connectivity index (χ3n) is 2.45.